The molecule has 10 nitrogen and oxygen atoms in total. The number of nitrogens with zero attached hydrogens (tertiary/aromatic N) is 2. The monoisotopic (exact) mass is 505 g/mol. The van der Waals surface area contributed by atoms with Gasteiger partial charge in [-0.2, -0.15) is 13.2 Å². The summed E-state index contributed by atoms with van der Waals surface area (Å²) < 4.78 is 87.7. The van der Waals surface area contributed by atoms with Crippen LogP contribution in [0, 0.1) is 0 Å². The fourth-order valence-electron chi connectivity index (χ4n) is 2.86. The lowest BCUT2D eigenvalue weighted by Gasteiger charge is -2.10. The molecule has 0 atom stereocenters. The molecule has 0 aliphatic rings. The highest BCUT2D eigenvalue weighted by Crippen LogP contribution is 2.31. The number of hydrogen-bond donors (Lipinski definition) is 1. The molecule has 176 valence electrons. The van der Waals surface area contributed by atoms with Gasteiger partial charge in [0, 0.05) is 6.54 Å². The molecule has 3 rings (SSSR count). The largest absolute Gasteiger partial charge is 0.501 e. The maximum absolute atomic E-state index is 12.8. The molecule has 1 heterocycles. The normalized spacial score (nSPS) is 12.6. The van der Waals surface area contributed by atoms with E-state index in [1.54, 1.807) is 0 Å². The van der Waals surface area contributed by atoms with Crippen LogP contribution in [-0.2, 0) is 26.2 Å². The van der Waals surface area contributed by atoms with E-state index in [1.165, 1.54) is 6.92 Å². The van der Waals surface area contributed by atoms with Crippen molar-refractivity contribution in [2.24, 2.45) is 0 Å². The Labute approximate surface area is 183 Å². The molecule has 1 aromatic heterocycles. The summed E-state index contributed by atoms with van der Waals surface area (Å²) in [5.74, 6) is 0. The molecule has 33 heavy (non-hydrogen) atoms. The number of hydrogen-bond acceptors (Lipinski definition) is 7. The summed E-state index contributed by atoms with van der Waals surface area (Å²) in [4.78, 5) is 36.1. The van der Waals surface area contributed by atoms with Gasteiger partial charge in [0.25, 0.3) is 9.84 Å². The summed E-state index contributed by atoms with van der Waals surface area (Å²) in [5, 5.41) is 0. The molecule has 0 saturated heterocycles. The average molecular weight is 505 g/mol. The van der Waals surface area contributed by atoms with E-state index in [0.717, 1.165) is 28.8 Å². The summed E-state index contributed by atoms with van der Waals surface area (Å²) in [6.45, 7) is 1.48. The van der Waals surface area contributed by atoms with Gasteiger partial charge in [-0.05, 0) is 55.5 Å². The molecule has 0 saturated carbocycles. The van der Waals surface area contributed by atoms with Crippen molar-refractivity contribution in [2.45, 2.75) is 33.7 Å². The van der Waals surface area contributed by atoms with Crippen LogP contribution in [0.25, 0.3) is 5.69 Å². The predicted octanol–water partition coefficient (Wildman–Crippen LogP) is 0.834. The van der Waals surface area contributed by atoms with Gasteiger partial charge < -0.3 is 0 Å². The fraction of sp³-hybridized carbons (Fsp3) is 0.167. The zero-order chi connectivity index (χ0) is 24.8. The Bertz CT molecular complexity index is 1600. The predicted molar refractivity (Wildman–Crippen MR) is 108 cm³/mol. The lowest BCUT2D eigenvalue weighted by Crippen LogP contribution is -2.48. The van der Waals surface area contributed by atoms with E-state index in [0.29, 0.717) is 28.8 Å². The van der Waals surface area contributed by atoms with E-state index in [-0.39, 0.29) is 17.1 Å². The molecule has 0 aliphatic heterocycles. The molecule has 0 radical (unpaired) electrons. The minimum atomic E-state index is -5.64. The van der Waals surface area contributed by atoms with Gasteiger partial charge >= 0.3 is 22.6 Å². The highest BCUT2D eigenvalue weighted by atomic mass is 32.2. The van der Waals surface area contributed by atoms with Crippen LogP contribution in [0.1, 0.15) is 6.92 Å². The Balaban J connectivity index is 2.02. The van der Waals surface area contributed by atoms with Crippen LogP contribution in [0.15, 0.2) is 77.6 Å². The first-order valence-electron chi connectivity index (χ1n) is 8.95. The number of H-pyrrole nitrogens is 1. The third-order valence-electron chi connectivity index (χ3n) is 4.55. The third-order valence-corrected chi connectivity index (χ3v) is 7.84. The molecule has 3 aromatic rings. The van der Waals surface area contributed by atoms with Crippen molar-refractivity contribution in [2.75, 3.05) is 0 Å². The third kappa shape index (κ3) is 4.16. The van der Waals surface area contributed by atoms with Crippen LogP contribution in [0.5, 0.6) is 0 Å². The van der Waals surface area contributed by atoms with Gasteiger partial charge in [0.2, 0.25) is 9.84 Å². The maximum atomic E-state index is 12.8. The zero-order valence-corrected chi connectivity index (χ0v) is 18.2. The van der Waals surface area contributed by atoms with Gasteiger partial charge in [-0.25, -0.2) is 40.4 Å². The van der Waals surface area contributed by atoms with Crippen LogP contribution in [-0.4, -0.2) is 36.5 Å². The zero-order valence-electron chi connectivity index (χ0n) is 16.5. The second-order valence-electron chi connectivity index (χ2n) is 6.52. The molecular formula is C18H14F3N3O7S2. The summed E-state index contributed by atoms with van der Waals surface area (Å²) in [7, 11) is -9.92. The van der Waals surface area contributed by atoms with Gasteiger partial charge in [-0.15, -0.1) is 0 Å². The number of aromatic nitrogens is 3. The van der Waals surface area contributed by atoms with Crippen LogP contribution in [0.3, 0.4) is 0 Å². The van der Waals surface area contributed by atoms with Gasteiger partial charge in [-0.1, -0.05) is 0 Å². The lowest BCUT2D eigenvalue weighted by molar-refractivity contribution is -0.0436. The summed E-state index contributed by atoms with van der Waals surface area (Å²) in [5.41, 5.74) is -8.47. The molecule has 0 bridgehead atoms. The standard InChI is InChI=1S/C18H14F3N3O7S2/c1-2-23-15(25)22-16(26)24(17(23)27)11-3-5-12(6-4-11)32(28,29)13-7-9-14(10-8-13)33(30,31)18(19,20)21/h3-10H,2H2,1H3,(H,22,25,26). The first kappa shape index (κ1) is 24.2. The van der Waals surface area contributed by atoms with Crippen LogP contribution >= 0.6 is 0 Å². The topological polar surface area (TPSA) is 145 Å². The molecule has 2 aromatic carbocycles. The molecule has 15 heteroatoms. The molecule has 0 unspecified atom stereocenters. The molecule has 0 spiro atoms. The Morgan fingerprint density at radius 1 is 0.788 bits per heavy atom. The van der Waals surface area contributed by atoms with Gasteiger partial charge in [0.1, 0.15) is 0 Å². The highest BCUT2D eigenvalue weighted by Gasteiger charge is 2.46. The summed E-state index contributed by atoms with van der Waals surface area (Å²) in [6, 6.07) is 6.81. The van der Waals surface area contributed by atoms with Gasteiger partial charge in [0.05, 0.1) is 20.4 Å². The Morgan fingerprint density at radius 3 is 1.70 bits per heavy atom. The van der Waals surface area contributed by atoms with E-state index in [2.05, 4.69) is 0 Å². The van der Waals surface area contributed by atoms with Crippen molar-refractivity contribution < 1.29 is 30.0 Å². The van der Waals surface area contributed by atoms with Crippen molar-refractivity contribution in [3.63, 3.8) is 0 Å². The molecular weight excluding hydrogens is 491 g/mol. The highest BCUT2D eigenvalue weighted by molar-refractivity contribution is 7.92. The Kier molecular flexibility index (Phi) is 5.97. The number of sulfone groups is 2. The average Bonchev–Trinajstić information content (AvgIpc) is 2.73. The van der Waals surface area contributed by atoms with E-state index in [4.69, 9.17) is 0 Å². The van der Waals surface area contributed by atoms with E-state index in [9.17, 15) is 44.4 Å². The fourth-order valence-corrected chi connectivity index (χ4v) is 4.88. The van der Waals surface area contributed by atoms with E-state index < -0.39 is 52.0 Å². The SMILES string of the molecule is CCn1c(=O)[nH]c(=O)n(-c2ccc(S(=O)(=O)c3ccc(S(=O)(=O)C(F)(F)F)cc3)cc2)c1=O. The quantitative estimate of drug-likeness (QED) is 0.541. The van der Waals surface area contributed by atoms with E-state index in [1.807, 2.05) is 4.98 Å². The second-order valence-corrected chi connectivity index (χ2v) is 10.4. The van der Waals surface area contributed by atoms with E-state index >= 15 is 0 Å². The second kappa shape index (κ2) is 8.15. The molecule has 1 N–H and O–H groups in total. The first-order chi connectivity index (χ1) is 15.2. The van der Waals surface area contributed by atoms with Crippen molar-refractivity contribution in [1.29, 1.82) is 0 Å². The molecule has 0 amide bonds. The number of halogens is 3. The van der Waals surface area contributed by atoms with Crippen molar-refractivity contribution in [3.8, 4) is 5.69 Å². The Hall–Kier alpha value is -3.46. The number of benzene rings is 2. The minimum absolute atomic E-state index is 0.0268. The van der Waals surface area contributed by atoms with Crippen LogP contribution < -0.4 is 17.1 Å². The van der Waals surface area contributed by atoms with Crippen molar-refractivity contribution in [1.82, 2.24) is 14.1 Å². The Morgan fingerprint density at radius 2 is 1.24 bits per heavy atom. The van der Waals surface area contributed by atoms with Gasteiger partial charge in [-0.3, -0.25) is 4.98 Å². The van der Waals surface area contributed by atoms with Crippen molar-refractivity contribution in [3.05, 3.63) is 80.0 Å². The first-order valence-corrected chi connectivity index (χ1v) is 11.9. The number of nitrogens with one attached hydrogen (secondary N) is 1. The number of aromatic amines is 1. The maximum Gasteiger partial charge on any atom is 0.501 e. The molecule has 0 fully saturated rings. The number of rotatable bonds is 5. The molecule has 0 aliphatic carbocycles. The van der Waals surface area contributed by atoms with Crippen LogP contribution in [0.4, 0.5) is 13.2 Å². The van der Waals surface area contributed by atoms with Gasteiger partial charge in [0.15, 0.2) is 0 Å². The number of alkyl halides is 3. The van der Waals surface area contributed by atoms with Crippen molar-refractivity contribution >= 4 is 19.7 Å². The summed E-state index contributed by atoms with van der Waals surface area (Å²) in [6.07, 6.45) is 0. The smallest absolute Gasteiger partial charge is 0.258 e. The lowest BCUT2D eigenvalue weighted by atomic mass is 10.3. The minimum Gasteiger partial charge on any atom is -0.258 e. The van der Waals surface area contributed by atoms with Crippen LogP contribution in [0.2, 0.25) is 0 Å². The summed E-state index contributed by atoms with van der Waals surface area (Å²) >= 11 is 0.